The summed E-state index contributed by atoms with van der Waals surface area (Å²) < 4.78 is 17.7. The summed E-state index contributed by atoms with van der Waals surface area (Å²) in [6.45, 7) is 3.91. The number of fused-ring (bicyclic) bond motifs is 1. The van der Waals surface area contributed by atoms with Crippen molar-refractivity contribution in [2.45, 2.75) is 26.3 Å². The number of benzene rings is 2. The third kappa shape index (κ3) is 4.83. The van der Waals surface area contributed by atoms with E-state index in [-0.39, 0.29) is 6.67 Å². The third-order valence-corrected chi connectivity index (χ3v) is 4.27. The number of aryl methyl sites for hydroxylation is 1. The molecule has 0 atom stereocenters. The molecule has 0 aliphatic carbocycles. The van der Waals surface area contributed by atoms with Gasteiger partial charge in [-0.25, -0.2) is 0 Å². The average Bonchev–Trinajstić information content (AvgIpc) is 3.01. The van der Waals surface area contributed by atoms with Gasteiger partial charge in [-0.3, -0.25) is 4.39 Å². The second-order valence-corrected chi connectivity index (χ2v) is 6.33. The first-order valence-corrected chi connectivity index (χ1v) is 8.81. The first-order chi connectivity index (χ1) is 12.3. The fourth-order valence-electron chi connectivity index (χ4n) is 2.94. The molecule has 132 valence electrons. The van der Waals surface area contributed by atoms with Crippen molar-refractivity contribution in [2.75, 3.05) is 19.8 Å². The number of ether oxygens (including phenoxy) is 1. The minimum Gasteiger partial charge on any atom is -0.493 e. The van der Waals surface area contributed by atoms with Crippen molar-refractivity contribution >= 4 is 10.9 Å². The third-order valence-electron chi connectivity index (χ3n) is 4.27. The molecule has 0 radical (unpaired) electrons. The highest BCUT2D eigenvalue weighted by Crippen LogP contribution is 2.20. The first kappa shape index (κ1) is 17.5. The summed E-state index contributed by atoms with van der Waals surface area (Å²) in [5, 5.41) is 4.79. The summed E-state index contributed by atoms with van der Waals surface area (Å²) in [6.07, 6.45) is 3.52. The number of alkyl halides is 1. The van der Waals surface area contributed by atoms with Crippen molar-refractivity contribution in [1.29, 1.82) is 0 Å². The van der Waals surface area contributed by atoms with E-state index < -0.39 is 0 Å². The molecule has 0 aliphatic rings. The molecule has 2 N–H and O–H groups in total. The highest BCUT2D eigenvalue weighted by molar-refractivity contribution is 5.83. The van der Waals surface area contributed by atoms with Crippen molar-refractivity contribution in [3.63, 3.8) is 0 Å². The lowest BCUT2D eigenvalue weighted by Gasteiger charge is -2.08. The van der Waals surface area contributed by atoms with Gasteiger partial charge in [-0.2, -0.15) is 0 Å². The van der Waals surface area contributed by atoms with Crippen molar-refractivity contribution in [2.24, 2.45) is 0 Å². The molecule has 0 saturated heterocycles. The number of H-pyrrole nitrogens is 1. The van der Waals surface area contributed by atoms with Gasteiger partial charge in [0.15, 0.2) is 0 Å². The van der Waals surface area contributed by atoms with Crippen LogP contribution in [-0.4, -0.2) is 24.8 Å². The summed E-state index contributed by atoms with van der Waals surface area (Å²) >= 11 is 0. The maximum absolute atomic E-state index is 12.1. The summed E-state index contributed by atoms with van der Waals surface area (Å²) in [7, 11) is 0. The van der Waals surface area contributed by atoms with Gasteiger partial charge in [-0.1, -0.05) is 23.8 Å². The van der Waals surface area contributed by atoms with Crippen LogP contribution in [0.2, 0.25) is 0 Å². The van der Waals surface area contributed by atoms with E-state index in [9.17, 15) is 4.39 Å². The Morgan fingerprint density at radius 3 is 2.96 bits per heavy atom. The molecule has 4 heteroatoms. The van der Waals surface area contributed by atoms with E-state index in [1.54, 1.807) is 0 Å². The van der Waals surface area contributed by atoms with Gasteiger partial charge in [0.1, 0.15) is 5.75 Å². The number of aromatic nitrogens is 1. The maximum atomic E-state index is 12.1. The van der Waals surface area contributed by atoms with Gasteiger partial charge in [0.25, 0.3) is 0 Å². The van der Waals surface area contributed by atoms with Crippen LogP contribution in [0.4, 0.5) is 4.39 Å². The number of hydrogen-bond acceptors (Lipinski definition) is 2. The predicted molar refractivity (Wildman–Crippen MR) is 101 cm³/mol. The van der Waals surface area contributed by atoms with Crippen LogP contribution < -0.4 is 10.1 Å². The minimum atomic E-state index is -0.339. The number of rotatable bonds is 9. The molecule has 0 unspecified atom stereocenters. The number of aromatic amines is 1. The van der Waals surface area contributed by atoms with Crippen LogP contribution in [0.1, 0.15) is 23.1 Å². The van der Waals surface area contributed by atoms with E-state index >= 15 is 0 Å². The molecule has 3 aromatic rings. The Kier molecular flexibility index (Phi) is 6.07. The molecule has 1 heterocycles. The lowest BCUT2D eigenvalue weighted by Crippen LogP contribution is -2.16. The Labute approximate surface area is 148 Å². The molecule has 0 aliphatic heterocycles. The lowest BCUT2D eigenvalue weighted by molar-refractivity contribution is 0.289. The first-order valence-electron chi connectivity index (χ1n) is 8.81. The zero-order valence-electron chi connectivity index (χ0n) is 14.6. The van der Waals surface area contributed by atoms with Crippen molar-refractivity contribution in [3.8, 4) is 5.75 Å². The Balaban J connectivity index is 1.49. The largest absolute Gasteiger partial charge is 0.493 e. The molecule has 0 saturated carbocycles. The molecule has 0 amide bonds. The van der Waals surface area contributed by atoms with Gasteiger partial charge in [-0.05, 0) is 55.3 Å². The maximum Gasteiger partial charge on any atom is 0.119 e. The van der Waals surface area contributed by atoms with Crippen molar-refractivity contribution < 1.29 is 9.13 Å². The SMILES string of the molecule is Cc1ccc2[nH]cc(CCNCc3cccc(OCCCF)c3)c2c1. The Morgan fingerprint density at radius 2 is 2.08 bits per heavy atom. The molecule has 3 nitrogen and oxygen atoms in total. The van der Waals surface area contributed by atoms with Crippen LogP contribution in [0.15, 0.2) is 48.7 Å². The quantitative estimate of drug-likeness (QED) is 0.561. The molecule has 0 fully saturated rings. The fraction of sp³-hybridized carbons (Fsp3) is 0.333. The topological polar surface area (TPSA) is 37.0 Å². The predicted octanol–water partition coefficient (Wildman–Crippen LogP) is 4.55. The smallest absolute Gasteiger partial charge is 0.119 e. The van der Waals surface area contributed by atoms with Gasteiger partial charge in [0.05, 0.1) is 13.3 Å². The van der Waals surface area contributed by atoms with Gasteiger partial charge >= 0.3 is 0 Å². The Bertz CT molecular complexity index is 813. The highest BCUT2D eigenvalue weighted by Gasteiger charge is 2.04. The van der Waals surface area contributed by atoms with Crippen LogP contribution in [0.25, 0.3) is 10.9 Å². The lowest BCUT2D eigenvalue weighted by atomic mass is 10.1. The average molecular weight is 340 g/mol. The molecule has 25 heavy (non-hydrogen) atoms. The summed E-state index contributed by atoms with van der Waals surface area (Å²) in [4.78, 5) is 3.33. The van der Waals surface area contributed by atoms with E-state index in [0.717, 1.165) is 25.3 Å². The molecule has 3 rings (SSSR count). The standard InChI is InChI=1S/C21H25FN2O/c1-16-6-7-21-20(12-16)18(15-24-21)8-10-23-14-17-4-2-5-19(13-17)25-11-3-9-22/h2,4-7,12-13,15,23-24H,3,8-11,14H2,1H3. The molecular weight excluding hydrogens is 315 g/mol. The second-order valence-electron chi connectivity index (χ2n) is 6.33. The van der Waals surface area contributed by atoms with E-state index in [1.807, 2.05) is 18.2 Å². The Morgan fingerprint density at radius 1 is 1.16 bits per heavy atom. The molecule has 0 spiro atoms. The molecule has 2 aromatic carbocycles. The second kappa shape index (κ2) is 8.67. The summed E-state index contributed by atoms with van der Waals surface area (Å²) in [5.41, 5.74) is 4.99. The van der Waals surface area contributed by atoms with E-state index in [4.69, 9.17) is 4.74 Å². The highest BCUT2D eigenvalue weighted by atomic mass is 19.1. The van der Waals surface area contributed by atoms with Gasteiger partial charge in [0, 0.05) is 30.1 Å². The Hall–Kier alpha value is -2.33. The van der Waals surface area contributed by atoms with Crippen molar-refractivity contribution in [3.05, 3.63) is 65.4 Å². The van der Waals surface area contributed by atoms with E-state index in [1.165, 1.54) is 27.6 Å². The normalized spacial score (nSPS) is 11.1. The van der Waals surface area contributed by atoms with Crippen LogP contribution in [0.3, 0.4) is 0 Å². The zero-order valence-corrected chi connectivity index (χ0v) is 14.6. The zero-order chi connectivity index (χ0) is 17.5. The number of nitrogens with one attached hydrogen (secondary N) is 2. The van der Waals surface area contributed by atoms with Crippen LogP contribution >= 0.6 is 0 Å². The number of halogens is 1. The molecule has 0 bridgehead atoms. The van der Waals surface area contributed by atoms with Crippen LogP contribution in [0.5, 0.6) is 5.75 Å². The van der Waals surface area contributed by atoms with Crippen LogP contribution in [0, 0.1) is 6.92 Å². The van der Waals surface area contributed by atoms with Gasteiger partial charge in [0.2, 0.25) is 0 Å². The number of hydrogen-bond donors (Lipinski definition) is 2. The fourth-order valence-corrected chi connectivity index (χ4v) is 2.94. The molecule has 1 aromatic heterocycles. The monoisotopic (exact) mass is 340 g/mol. The van der Waals surface area contributed by atoms with Gasteiger partial charge in [-0.15, -0.1) is 0 Å². The summed E-state index contributed by atoms with van der Waals surface area (Å²) in [5.74, 6) is 0.805. The van der Waals surface area contributed by atoms with Crippen LogP contribution in [-0.2, 0) is 13.0 Å². The van der Waals surface area contributed by atoms with Gasteiger partial charge < -0.3 is 15.0 Å². The molecular formula is C21H25FN2O. The summed E-state index contributed by atoms with van der Waals surface area (Å²) in [6, 6.07) is 14.5. The van der Waals surface area contributed by atoms with Crippen molar-refractivity contribution in [1.82, 2.24) is 10.3 Å². The van der Waals surface area contributed by atoms with E-state index in [0.29, 0.717) is 13.0 Å². The van der Waals surface area contributed by atoms with E-state index in [2.05, 4.69) is 47.7 Å². The minimum absolute atomic E-state index is 0.339.